The van der Waals surface area contributed by atoms with Crippen LogP contribution in [-0.2, 0) is 0 Å². The van der Waals surface area contributed by atoms with Gasteiger partial charge in [0.1, 0.15) is 5.56 Å². The fraction of sp³-hybridized carbons (Fsp3) is 0.0833. The smallest absolute Gasteiger partial charge is 0.339 e. The van der Waals surface area contributed by atoms with Crippen LogP contribution in [0.4, 0.5) is 0 Å². The summed E-state index contributed by atoms with van der Waals surface area (Å²) in [6, 6.07) is 7.76. The lowest BCUT2D eigenvalue weighted by molar-refractivity contribution is 0.0696. The number of aryl methyl sites for hydroxylation is 1. The number of aromatic nitrogens is 3. The average molecular weight is 259 g/mol. The van der Waals surface area contributed by atoms with Crippen molar-refractivity contribution in [1.82, 2.24) is 14.8 Å². The highest BCUT2D eigenvalue weighted by molar-refractivity contribution is 7.20. The quantitative estimate of drug-likeness (QED) is 0.767. The van der Waals surface area contributed by atoms with Gasteiger partial charge in [-0.15, -0.1) is 0 Å². The Bertz CT molecular complexity index is 712. The van der Waals surface area contributed by atoms with Crippen LogP contribution in [0, 0.1) is 6.92 Å². The molecular weight excluding hydrogens is 250 g/mol. The molecule has 3 rings (SSSR count). The molecule has 2 aromatic heterocycles. The van der Waals surface area contributed by atoms with Crippen LogP contribution in [0.25, 0.3) is 15.3 Å². The molecule has 0 saturated heterocycles. The lowest BCUT2D eigenvalue weighted by Gasteiger charge is -1.91. The summed E-state index contributed by atoms with van der Waals surface area (Å²) >= 11 is 1.48. The molecule has 0 fully saturated rings. The maximum Gasteiger partial charge on any atom is 0.339 e. The van der Waals surface area contributed by atoms with E-state index in [0.717, 1.165) is 10.2 Å². The van der Waals surface area contributed by atoms with Crippen LogP contribution in [0.2, 0.25) is 0 Å². The maximum absolute atomic E-state index is 11.0. The number of benzene rings is 1. The predicted molar refractivity (Wildman–Crippen MR) is 68.4 cm³/mol. The molecule has 5 nitrogen and oxygen atoms in total. The number of hydrogen-bond acceptors (Lipinski definition) is 4. The molecule has 2 heterocycles. The zero-order valence-electron chi connectivity index (χ0n) is 9.49. The van der Waals surface area contributed by atoms with Gasteiger partial charge in [-0.05, 0) is 19.1 Å². The number of nitrogens with zero attached hydrogens (tertiary/aromatic N) is 3. The monoisotopic (exact) mass is 259 g/mol. The summed E-state index contributed by atoms with van der Waals surface area (Å²) in [5, 5.41) is 13.8. The van der Waals surface area contributed by atoms with E-state index in [2.05, 4.69) is 10.1 Å². The predicted octanol–water partition coefficient (Wildman–Crippen LogP) is 2.49. The van der Waals surface area contributed by atoms with Gasteiger partial charge in [0.15, 0.2) is 0 Å². The summed E-state index contributed by atoms with van der Waals surface area (Å²) in [7, 11) is 0. The molecule has 3 aromatic rings. The largest absolute Gasteiger partial charge is 0.478 e. The van der Waals surface area contributed by atoms with Gasteiger partial charge in [0.25, 0.3) is 0 Å². The fourth-order valence-electron chi connectivity index (χ4n) is 1.73. The average Bonchev–Trinajstić information content (AvgIpc) is 2.91. The highest BCUT2D eigenvalue weighted by Gasteiger charge is 2.14. The van der Waals surface area contributed by atoms with Crippen molar-refractivity contribution in [2.75, 3.05) is 0 Å². The standard InChI is InChI=1S/C12H9N3O2S/c1-7-8(11(16)17)6-15(14-7)12-13-9-4-2-3-5-10(9)18-12/h2-6H,1H3,(H,16,17). The Morgan fingerprint density at radius 2 is 2.17 bits per heavy atom. The molecule has 6 heteroatoms. The number of rotatable bonds is 2. The van der Waals surface area contributed by atoms with Crippen LogP contribution in [0.5, 0.6) is 0 Å². The van der Waals surface area contributed by atoms with Crippen molar-refractivity contribution in [2.45, 2.75) is 6.92 Å². The molecule has 0 atom stereocenters. The van der Waals surface area contributed by atoms with Gasteiger partial charge in [0, 0.05) is 6.20 Å². The van der Waals surface area contributed by atoms with Crippen molar-refractivity contribution in [3.8, 4) is 5.13 Å². The van der Waals surface area contributed by atoms with Crippen molar-refractivity contribution in [2.24, 2.45) is 0 Å². The van der Waals surface area contributed by atoms with Crippen molar-refractivity contribution < 1.29 is 9.90 Å². The van der Waals surface area contributed by atoms with Crippen LogP contribution in [0.3, 0.4) is 0 Å². The Balaban J connectivity index is 2.14. The first-order chi connectivity index (χ1) is 8.65. The van der Waals surface area contributed by atoms with E-state index in [4.69, 9.17) is 5.11 Å². The van der Waals surface area contributed by atoms with E-state index in [1.807, 2.05) is 24.3 Å². The number of carboxylic acid groups (broad SMARTS) is 1. The molecule has 90 valence electrons. The summed E-state index contributed by atoms with van der Waals surface area (Å²) in [6.45, 7) is 1.67. The first kappa shape index (κ1) is 10.9. The molecular formula is C12H9N3O2S. The SMILES string of the molecule is Cc1nn(-c2nc3ccccc3s2)cc1C(=O)O. The minimum atomic E-state index is -0.972. The van der Waals surface area contributed by atoms with Crippen molar-refractivity contribution >= 4 is 27.5 Å². The van der Waals surface area contributed by atoms with Crippen LogP contribution >= 0.6 is 11.3 Å². The van der Waals surface area contributed by atoms with E-state index in [-0.39, 0.29) is 5.56 Å². The van der Waals surface area contributed by atoms with Crippen LogP contribution in [0.1, 0.15) is 16.1 Å². The molecule has 18 heavy (non-hydrogen) atoms. The lowest BCUT2D eigenvalue weighted by atomic mass is 10.3. The number of aromatic carboxylic acids is 1. The molecule has 0 saturated carbocycles. The molecule has 0 aliphatic carbocycles. The molecule has 0 aliphatic heterocycles. The number of fused-ring (bicyclic) bond motifs is 1. The van der Waals surface area contributed by atoms with E-state index in [1.165, 1.54) is 22.2 Å². The molecule has 0 bridgehead atoms. The zero-order chi connectivity index (χ0) is 12.7. The Labute approximate surface area is 106 Å². The minimum Gasteiger partial charge on any atom is -0.478 e. The third kappa shape index (κ3) is 1.67. The first-order valence-electron chi connectivity index (χ1n) is 5.30. The van der Waals surface area contributed by atoms with Crippen molar-refractivity contribution in [3.63, 3.8) is 0 Å². The van der Waals surface area contributed by atoms with Gasteiger partial charge < -0.3 is 5.11 Å². The number of carbonyl (C=O) groups is 1. The van der Waals surface area contributed by atoms with Crippen molar-refractivity contribution in [3.05, 3.63) is 41.7 Å². The fourth-order valence-corrected chi connectivity index (χ4v) is 2.62. The normalized spacial score (nSPS) is 10.9. The highest BCUT2D eigenvalue weighted by Crippen LogP contribution is 2.24. The number of thiazole rings is 1. The molecule has 0 unspecified atom stereocenters. The van der Waals surface area contributed by atoms with Crippen LogP contribution < -0.4 is 0 Å². The van der Waals surface area contributed by atoms with E-state index in [9.17, 15) is 4.79 Å². The van der Waals surface area contributed by atoms with E-state index in [1.54, 1.807) is 6.92 Å². The van der Waals surface area contributed by atoms with Gasteiger partial charge >= 0.3 is 5.97 Å². The molecule has 1 N–H and O–H groups in total. The van der Waals surface area contributed by atoms with E-state index in [0.29, 0.717) is 10.8 Å². The van der Waals surface area contributed by atoms with Gasteiger partial charge in [0.05, 0.1) is 15.9 Å². The Morgan fingerprint density at radius 1 is 1.39 bits per heavy atom. The summed E-state index contributed by atoms with van der Waals surface area (Å²) in [6.07, 6.45) is 1.50. The van der Waals surface area contributed by atoms with Gasteiger partial charge in [-0.1, -0.05) is 23.5 Å². The van der Waals surface area contributed by atoms with Crippen molar-refractivity contribution in [1.29, 1.82) is 0 Å². The number of carboxylic acids is 1. The Kier molecular flexibility index (Phi) is 2.38. The highest BCUT2D eigenvalue weighted by atomic mass is 32.1. The third-order valence-corrected chi connectivity index (χ3v) is 3.63. The first-order valence-corrected chi connectivity index (χ1v) is 6.12. The summed E-state index contributed by atoms with van der Waals surface area (Å²) in [4.78, 5) is 15.4. The maximum atomic E-state index is 11.0. The second-order valence-electron chi connectivity index (χ2n) is 3.84. The molecule has 0 radical (unpaired) electrons. The molecule has 0 spiro atoms. The lowest BCUT2D eigenvalue weighted by Crippen LogP contribution is -1.95. The zero-order valence-corrected chi connectivity index (χ0v) is 10.3. The van der Waals surface area contributed by atoms with Crippen LogP contribution in [-0.4, -0.2) is 25.8 Å². The van der Waals surface area contributed by atoms with E-state index >= 15 is 0 Å². The minimum absolute atomic E-state index is 0.203. The number of hydrogen-bond donors (Lipinski definition) is 1. The van der Waals surface area contributed by atoms with Gasteiger partial charge in [0.2, 0.25) is 5.13 Å². The summed E-state index contributed by atoms with van der Waals surface area (Å²) in [5.74, 6) is -0.972. The van der Waals surface area contributed by atoms with Crippen LogP contribution in [0.15, 0.2) is 30.5 Å². The topological polar surface area (TPSA) is 68.0 Å². The second-order valence-corrected chi connectivity index (χ2v) is 4.85. The molecule has 0 amide bonds. The summed E-state index contributed by atoms with van der Waals surface area (Å²) in [5.41, 5.74) is 1.58. The van der Waals surface area contributed by atoms with E-state index < -0.39 is 5.97 Å². The Hall–Kier alpha value is -2.21. The summed E-state index contributed by atoms with van der Waals surface area (Å²) < 4.78 is 2.57. The number of para-hydroxylation sites is 1. The Morgan fingerprint density at radius 3 is 2.83 bits per heavy atom. The van der Waals surface area contributed by atoms with Gasteiger partial charge in [-0.2, -0.15) is 5.10 Å². The molecule has 1 aromatic carbocycles. The molecule has 0 aliphatic rings. The second kappa shape index (κ2) is 3.92. The van der Waals surface area contributed by atoms with Gasteiger partial charge in [-0.3, -0.25) is 0 Å². The van der Waals surface area contributed by atoms with Gasteiger partial charge in [-0.25, -0.2) is 14.5 Å². The third-order valence-electron chi connectivity index (χ3n) is 2.61.